The zero-order valence-corrected chi connectivity index (χ0v) is 15.4. The summed E-state index contributed by atoms with van der Waals surface area (Å²) >= 11 is 1.01. The van der Waals surface area contributed by atoms with Gasteiger partial charge in [0.1, 0.15) is 4.88 Å². The number of sulfone groups is 1. The van der Waals surface area contributed by atoms with E-state index in [1.54, 1.807) is 24.5 Å². The van der Waals surface area contributed by atoms with Crippen LogP contribution in [0.1, 0.15) is 20.2 Å². The van der Waals surface area contributed by atoms with Crippen LogP contribution in [0.25, 0.3) is 5.65 Å². The monoisotopic (exact) mass is 406 g/mol. The van der Waals surface area contributed by atoms with E-state index in [1.807, 2.05) is 0 Å². The fourth-order valence-corrected chi connectivity index (χ4v) is 5.25. The maximum atomic E-state index is 12.5. The van der Waals surface area contributed by atoms with Crippen molar-refractivity contribution in [1.29, 1.82) is 0 Å². The molecule has 2 atom stereocenters. The predicted molar refractivity (Wildman–Crippen MR) is 96.3 cm³/mol. The van der Waals surface area contributed by atoms with Crippen LogP contribution in [-0.4, -0.2) is 62.8 Å². The van der Waals surface area contributed by atoms with Crippen molar-refractivity contribution < 1.29 is 18.0 Å². The van der Waals surface area contributed by atoms with Gasteiger partial charge in [0.25, 0.3) is 11.8 Å². The fourth-order valence-electron chi connectivity index (χ4n) is 2.89. The molecule has 3 aromatic heterocycles. The average molecular weight is 406 g/mol. The van der Waals surface area contributed by atoms with Crippen molar-refractivity contribution in [1.82, 2.24) is 29.6 Å². The van der Waals surface area contributed by atoms with Crippen LogP contribution in [0.3, 0.4) is 0 Å². The summed E-state index contributed by atoms with van der Waals surface area (Å²) in [5.74, 6) is -1.44. The minimum Gasteiger partial charge on any atom is -0.345 e. The highest BCUT2D eigenvalue weighted by Gasteiger charge is 2.40. The molecule has 0 aliphatic carbocycles. The summed E-state index contributed by atoms with van der Waals surface area (Å²) in [6.07, 6.45) is 4.71. The number of nitrogens with one attached hydrogen (secondary N) is 2. The van der Waals surface area contributed by atoms with Gasteiger partial charge in [-0.25, -0.2) is 22.3 Å². The number of carbonyl (C=O) groups is 2. The van der Waals surface area contributed by atoms with Crippen molar-refractivity contribution in [3.05, 3.63) is 47.4 Å². The van der Waals surface area contributed by atoms with Gasteiger partial charge in [-0.2, -0.15) is 5.10 Å². The Balaban J connectivity index is 1.51. The summed E-state index contributed by atoms with van der Waals surface area (Å²) in [5.41, 5.74) is 0.613. The van der Waals surface area contributed by atoms with Crippen molar-refractivity contribution >= 4 is 38.8 Å². The van der Waals surface area contributed by atoms with Gasteiger partial charge in [-0.05, 0) is 23.7 Å². The van der Waals surface area contributed by atoms with Crippen LogP contribution in [0.15, 0.2) is 36.8 Å². The van der Waals surface area contributed by atoms with Crippen LogP contribution in [0.4, 0.5) is 0 Å². The number of amides is 2. The molecular formula is C15H14N6O4S2. The minimum absolute atomic E-state index is 0.116. The van der Waals surface area contributed by atoms with Crippen molar-refractivity contribution in [2.24, 2.45) is 0 Å². The number of hydrogen-bond donors (Lipinski definition) is 2. The van der Waals surface area contributed by atoms with E-state index >= 15 is 0 Å². The van der Waals surface area contributed by atoms with Crippen molar-refractivity contribution in [3.8, 4) is 0 Å². The molecule has 1 fully saturated rings. The third-order valence-corrected chi connectivity index (χ3v) is 6.60. The summed E-state index contributed by atoms with van der Waals surface area (Å²) in [6.45, 7) is 0. The first-order valence-electron chi connectivity index (χ1n) is 7.94. The molecular weight excluding hydrogens is 392 g/mol. The summed E-state index contributed by atoms with van der Waals surface area (Å²) in [6, 6.07) is 3.24. The van der Waals surface area contributed by atoms with Gasteiger partial charge in [0.05, 0.1) is 23.6 Å². The lowest BCUT2D eigenvalue weighted by atomic mass is 10.1. The highest BCUT2D eigenvalue weighted by atomic mass is 32.2. The quantitative estimate of drug-likeness (QED) is 0.597. The Hall–Kier alpha value is -2.86. The topological polar surface area (TPSA) is 135 Å². The number of carbonyl (C=O) groups excluding carboxylic acids is 2. The molecule has 4 rings (SSSR count). The first-order chi connectivity index (χ1) is 12.9. The largest absolute Gasteiger partial charge is 0.345 e. The first kappa shape index (κ1) is 17.5. The Labute approximate surface area is 157 Å². The van der Waals surface area contributed by atoms with Gasteiger partial charge in [0.15, 0.2) is 21.2 Å². The molecule has 0 unspecified atom stereocenters. The minimum atomic E-state index is -3.39. The summed E-state index contributed by atoms with van der Waals surface area (Å²) in [4.78, 5) is 29.2. The van der Waals surface area contributed by atoms with Crippen LogP contribution in [-0.2, 0) is 9.84 Å². The van der Waals surface area contributed by atoms with Gasteiger partial charge in [0, 0.05) is 24.7 Å². The lowest BCUT2D eigenvalue weighted by molar-refractivity contribution is 0.0896. The molecule has 12 heteroatoms. The average Bonchev–Trinajstić information content (AvgIpc) is 3.33. The Kier molecular flexibility index (Phi) is 4.36. The van der Waals surface area contributed by atoms with Crippen molar-refractivity contribution in [3.63, 3.8) is 0 Å². The zero-order valence-electron chi connectivity index (χ0n) is 13.8. The predicted octanol–water partition coefficient (Wildman–Crippen LogP) is -0.489. The van der Waals surface area contributed by atoms with Gasteiger partial charge >= 0.3 is 0 Å². The summed E-state index contributed by atoms with van der Waals surface area (Å²) < 4.78 is 29.4. The number of hydrogen-bond acceptors (Lipinski definition) is 8. The Morgan fingerprint density at radius 1 is 1.15 bits per heavy atom. The van der Waals surface area contributed by atoms with Crippen LogP contribution >= 0.6 is 11.5 Å². The summed E-state index contributed by atoms with van der Waals surface area (Å²) in [5, 5.41) is 9.45. The van der Waals surface area contributed by atoms with E-state index in [1.165, 1.54) is 16.8 Å². The first-order valence-corrected chi connectivity index (χ1v) is 10.5. The molecule has 1 aliphatic rings. The molecule has 2 N–H and O–H groups in total. The molecule has 3 aromatic rings. The van der Waals surface area contributed by atoms with E-state index < -0.39 is 33.7 Å². The Bertz CT molecular complexity index is 1080. The number of fused-ring (bicyclic) bond motifs is 1. The molecule has 140 valence electrons. The second-order valence-corrected chi connectivity index (χ2v) is 9.05. The van der Waals surface area contributed by atoms with Crippen molar-refractivity contribution in [2.75, 3.05) is 11.5 Å². The van der Waals surface area contributed by atoms with Crippen LogP contribution in [0.2, 0.25) is 0 Å². The van der Waals surface area contributed by atoms with Gasteiger partial charge in [-0.15, -0.1) is 0 Å². The normalized spacial score (nSPS) is 21.2. The van der Waals surface area contributed by atoms with E-state index in [0.29, 0.717) is 10.5 Å². The molecule has 0 aromatic carbocycles. The lowest BCUT2D eigenvalue weighted by Crippen LogP contribution is -2.50. The SMILES string of the molecule is O=C(N[C@H]1CS(=O)(=O)C[C@H]1NC(=O)c1ccns1)c1cc2ncccn2n1. The molecule has 4 heterocycles. The number of rotatable bonds is 4. The number of nitrogens with zero attached hydrogens (tertiary/aromatic N) is 4. The molecule has 1 saturated heterocycles. The Morgan fingerprint density at radius 3 is 2.56 bits per heavy atom. The molecule has 2 amide bonds. The molecule has 0 spiro atoms. The van der Waals surface area contributed by atoms with E-state index in [2.05, 4.69) is 25.1 Å². The second-order valence-electron chi connectivity index (χ2n) is 6.07. The zero-order chi connectivity index (χ0) is 19.0. The van der Waals surface area contributed by atoms with E-state index in [4.69, 9.17) is 0 Å². The third-order valence-electron chi connectivity index (χ3n) is 4.12. The maximum absolute atomic E-state index is 12.5. The molecule has 27 heavy (non-hydrogen) atoms. The molecule has 0 saturated carbocycles. The second kappa shape index (κ2) is 6.70. The van der Waals surface area contributed by atoms with Crippen LogP contribution in [0.5, 0.6) is 0 Å². The number of aromatic nitrogens is 4. The third kappa shape index (κ3) is 3.66. The standard InChI is InChI=1S/C15H14N6O4S2/c22-14(9-6-13-16-3-1-5-21(13)20-9)18-10-7-27(24,25)8-11(10)19-15(23)12-2-4-17-26-12/h1-6,10-11H,7-8H2,(H,18,22)(H,19,23)/t10-,11+/m0/s1. The molecule has 0 radical (unpaired) electrons. The maximum Gasteiger partial charge on any atom is 0.272 e. The molecule has 0 bridgehead atoms. The van der Waals surface area contributed by atoms with Gasteiger partial charge in [0.2, 0.25) is 0 Å². The molecule has 10 nitrogen and oxygen atoms in total. The van der Waals surface area contributed by atoms with Crippen molar-refractivity contribution in [2.45, 2.75) is 12.1 Å². The van der Waals surface area contributed by atoms with E-state index in [0.717, 1.165) is 11.5 Å². The fraction of sp³-hybridized carbons (Fsp3) is 0.267. The Morgan fingerprint density at radius 2 is 1.89 bits per heavy atom. The highest BCUT2D eigenvalue weighted by Crippen LogP contribution is 2.15. The van der Waals surface area contributed by atoms with Crippen LogP contribution < -0.4 is 10.6 Å². The summed E-state index contributed by atoms with van der Waals surface area (Å²) in [7, 11) is -3.39. The van der Waals surface area contributed by atoms with Gasteiger partial charge < -0.3 is 10.6 Å². The highest BCUT2D eigenvalue weighted by molar-refractivity contribution is 7.91. The lowest BCUT2D eigenvalue weighted by Gasteiger charge is -2.19. The molecule has 1 aliphatic heterocycles. The van der Waals surface area contributed by atoms with E-state index in [-0.39, 0.29) is 17.2 Å². The van der Waals surface area contributed by atoms with E-state index in [9.17, 15) is 18.0 Å². The van der Waals surface area contributed by atoms with Gasteiger partial charge in [-0.1, -0.05) is 0 Å². The van der Waals surface area contributed by atoms with Gasteiger partial charge in [-0.3, -0.25) is 9.59 Å². The van der Waals surface area contributed by atoms with Crippen LogP contribution in [0, 0.1) is 0 Å². The smallest absolute Gasteiger partial charge is 0.272 e.